The summed E-state index contributed by atoms with van der Waals surface area (Å²) in [6.45, 7) is 9.09. The highest BCUT2D eigenvalue weighted by atomic mass is 16.8. The summed E-state index contributed by atoms with van der Waals surface area (Å²) in [6.07, 6.45) is -1.55. The van der Waals surface area contributed by atoms with Crippen LogP contribution in [0.5, 0.6) is 0 Å². The number of unbranched alkanes of at least 4 members (excludes halogenated alkanes) is 1. The highest BCUT2D eigenvalue weighted by Crippen LogP contribution is 2.41. The average molecular weight is 755 g/mol. The Hall–Kier alpha value is -2.80. The molecule has 3 aliphatic rings. The highest BCUT2D eigenvalue weighted by molar-refractivity contribution is 5.70. The van der Waals surface area contributed by atoms with Crippen LogP contribution in [0.15, 0.2) is 58.7 Å². The molecule has 0 radical (unpaired) electrons. The van der Waals surface area contributed by atoms with Crippen molar-refractivity contribution in [3.63, 3.8) is 0 Å². The number of aliphatic hydroxyl groups excluding tert-OH is 8. The third-order valence-electron chi connectivity index (χ3n) is 9.80. The van der Waals surface area contributed by atoms with Crippen molar-refractivity contribution in [1.29, 1.82) is 0 Å². The Balaban J connectivity index is 1.45. The van der Waals surface area contributed by atoms with E-state index in [1.807, 2.05) is 32.1 Å². The van der Waals surface area contributed by atoms with Crippen LogP contribution in [-0.2, 0) is 33.3 Å². The zero-order chi connectivity index (χ0) is 39.5. The number of carbonyl (C=O) groups is 2. The van der Waals surface area contributed by atoms with Crippen LogP contribution >= 0.6 is 0 Å². The predicted octanol–water partition coefficient (Wildman–Crippen LogP) is 1.11. The van der Waals surface area contributed by atoms with Crippen molar-refractivity contribution < 1.29 is 74.1 Å². The third-order valence-corrected chi connectivity index (χ3v) is 9.80. The Bertz CT molecular complexity index is 1380. The number of aliphatic hydroxyl groups is 8. The van der Waals surface area contributed by atoms with Crippen LogP contribution in [0.25, 0.3) is 0 Å². The molecule has 2 heterocycles. The van der Waals surface area contributed by atoms with Crippen molar-refractivity contribution in [2.75, 3.05) is 19.8 Å². The van der Waals surface area contributed by atoms with E-state index in [1.54, 1.807) is 6.08 Å². The maximum absolute atomic E-state index is 12.6. The summed E-state index contributed by atoms with van der Waals surface area (Å²) in [5.41, 5.74) is 5.05. The molecular formula is C38H58O15. The molecule has 2 fully saturated rings. The van der Waals surface area contributed by atoms with Crippen LogP contribution < -0.4 is 0 Å². The maximum Gasteiger partial charge on any atom is 0.308 e. The van der Waals surface area contributed by atoms with Gasteiger partial charge in [0.25, 0.3) is 12.1 Å². The van der Waals surface area contributed by atoms with Gasteiger partial charge in [-0.25, -0.2) is 0 Å². The topological polar surface area (TPSA) is 242 Å². The fourth-order valence-electron chi connectivity index (χ4n) is 6.51. The summed E-state index contributed by atoms with van der Waals surface area (Å²) in [6, 6.07) is 0. The Morgan fingerprint density at radius 1 is 0.906 bits per heavy atom. The summed E-state index contributed by atoms with van der Waals surface area (Å²) in [5, 5.41) is 81.6. The zero-order valence-corrected chi connectivity index (χ0v) is 31.2. The van der Waals surface area contributed by atoms with Crippen LogP contribution in [0.3, 0.4) is 0 Å². The third kappa shape index (κ3) is 11.8. The normalized spacial score (nSPS) is 33.2. The summed E-state index contributed by atoms with van der Waals surface area (Å²) in [5.74, 6) is -4.34. The second kappa shape index (κ2) is 20.2. The lowest BCUT2D eigenvalue weighted by Gasteiger charge is -2.44. The molecule has 53 heavy (non-hydrogen) atoms. The number of ether oxygens (including phenoxy) is 5. The number of esters is 2. The number of hydrogen-bond donors (Lipinski definition) is 8. The molecule has 0 amide bonds. The van der Waals surface area contributed by atoms with Gasteiger partial charge in [-0.3, -0.25) is 9.59 Å². The highest BCUT2D eigenvalue weighted by Gasteiger charge is 2.63. The molecule has 0 bridgehead atoms. The van der Waals surface area contributed by atoms with E-state index < -0.39 is 86.2 Å². The molecule has 0 aromatic rings. The fourth-order valence-corrected chi connectivity index (χ4v) is 6.51. The molecule has 0 aromatic heterocycles. The lowest BCUT2D eigenvalue weighted by molar-refractivity contribution is -0.416. The van der Waals surface area contributed by atoms with Crippen LogP contribution in [0.1, 0.15) is 79.6 Å². The summed E-state index contributed by atoms with van der Waals surface area (Å²) < 4.78 is 26.3. The maximum atomic E-state index is 12.6. The Labute approximate surface area is 310 Å². The predicted molar refractivity (Wildman–Crippen MR) is 189 cm³/mol. The first-order valence-corrected chi connectivity index (χ1v) is 18.0. The molecule has 2 saturated heterocycles. The quantitative estimate of drug-likeness (QED) is 0.0449. The van der Waals surface area contributed by atoms with Crippen LogP contribution in [-0.4, -0.2) is 134 Å². The molecule has 0 spiro atoms. The summed E-state index contributed by atoms with van der Waals surface area (Å²) >= 11 is 0. The van der Waals surface area contributed by atoms with Gasteiger partial charge in [-0.1, -0.05) is 60.9 Å². The largest absolute Gasteiger partial charge is 0.461 e. The number of hydrogen-bond acceptors (Lipinski definition) is 15. The molecule has 300 valence electrons. The average Bonchev–Trinajstić information content (AvgIpc) is 3.35. The van der Waals surface area contributed by atoms with Crippen LogP contribution in [0.4, 0.5) is 0 Å². The van der Waals surface area contributed by atoms with E-state index in [0.29, 0.717) is 0 Å². The molecule has 1 unspecified atom stereocenters. The Morgan fingerprint density at radius 3 is 2.19 bits per heavy atom. The van der Waals surface area contributed by atoms with Crippen LogP contribution in [0, 0.1) is 5.41 Å². The van der Waals surface area contributed by atoms with Crippen molar-refractivity contribution in [2.45, 2.75) is 141 Å². The van der Waals surface area contributed by atoms with Gasteiger partial charge in [0.05, 0.1) is 13.2 Å². The molecule has 15 nitrogen and oxygen atoms in total. The van der Waals surface area contributed by atoms with E-state index in [0.717, 1.165) is 17.6 Å². The zero-order valence-electron chi connectivity index (χ0n) is 31.2. The standard InChI is InChI=1S/C38H58O15/c1-22(15-16-25-24(3)12-9-18-37(25,4)5)10-8-11-23(2)17-19-49-28(41)13-6-7-14-29(42)51-36(48)38(34(47)31(44)27(21-40)52-38)53-35-33(46)32(45)30(43)26(20-39)50-35/h8,10-11,15-17,26-27,30-36,39-40,43-48H,6-7,9,12-14,18-21H2,1-5H3/b11-8+,16-15+,22-10+,23-17+/t26-,27-,30-,31-,32+,33-,34+,35-,36?,38-/m1/s1. The number of carbonyl (C=O) groups excluding carboxylic acids is 2. The van der Waals surface area contributed by atoms with Gasteiger partial charge in [0.1, 0.15) is 49.3 Å². The Kier molecular flexibility index (Phi) is 17.0. The summed E-state index contributed by atoms with van der Waals surface area (Å²) in [7, 11) is 0. The first-order valence-electron chi connectivity index (χ1n) is 18.0. The minimum absolute atomic E-state index is 0.00407. The van der Waals surface area contributed by atoms with E-state index >= 15 is 0 Å². The first kappa shape index (κ1) is 44.6. The molecule has 2 aliphatic heterocycles. The lowest BCUT2D eigenvalue weighted by Crippen LogP contribution is -2.64. The van der Waals surface area contributed by atoms with Gasteiger partial charge in [0.2, 0.25) is 0 Å². The molecule has 0 aromatic carbocycles. The molecule has 1 aliphatic carbocycles. The lowest BCUT2D eigenvalue weighted by atomic mass is 9.72. The molecule has 10 atom stereocenters. The van der Waals surface area contributed by atoms with Gasteiger partial charge in [-0.15, -0.1) is 0 Å². The van der Waals surface area contributed by atoms with Gasteiger partial charge < -0.3 is 64.5 Å². The second-order valence-electron chi connectivity index (χ2n) is 14.5. The number of allylic oxidation sites excluding steroid dienone is 9. The molecular weight excluding hydrogens is 696 g/mol. The van der Waals surface area contributed by atoms with E-state index in [9.17, 15) is 50.4 Å². The van der Waals surface area contributed by atoms with Gasteiger partial charge in [-0.05, 0) is 69.9 Å². The fraction of sp³-hybridized carbons (Fsp3) is 0.684. The van der Waals surface area contributed by atoms with E-state index in [1.165, 1.54) is 24.0 Å². The molecule has 3 rings (SSSR count). The second-order valence-corrected chi connectivity index (χ2v) is 14.5. The monoisotopic (exact) mass is 754 g/mol. The van der Waals surface area contributed by atoms with Crippen molar-refractivity contribution in [2.24, 2.45) is 5.41 Å². The first-order chi connectivity index (χ1) is 25.0. The van der Waals surface area contributed by atoms with E-state index in [4.69, 9.17) is 23.7 Å². The smallest absolute Gasteiger partial charge is 0.308 e. The minimum atomic E-state index is -2.84. The Morgan fingerprint density at radius 2 is 1.57 bits per heavy atom. The van der Waals surface area contributed by atoms with Gasteiger partial charge >= 0.3 is 11.9 Å². The van der Waals surface area contributed by atoms with Gasteiger partial charge in [0, 0.05) is 12.8 Å². The van der Waals surface area contributed by atoms with Gasteiger partial charge in [-0.2, -0.15) is 0 Å². The molecule has 8 N–H and O–H groups in total. The van der Waals surface area contributed by atoms with E-state index in [2.05, 4.69) is 32.9 Å². The van der Waals surface area contributed by atoms with Crippen LogP contribution in [0.2, 0.25) is 0 Å². The molecule has 15 heteroatoms. The minimum Gasteiger partial charge on any atom is -0.461 e. The van der Waals surface area contributed by atoms with E-state index in [-0.39, 0.29) is 37.7 Å². The SMILES string of the molecule is CC1=C(/C=C/C(C)=C/C=C/C(C)=C/COC(=O)CCCCC(=O)OC(O)[C@@]2(O[C@H]3O[C@H](CO)[C@@H](O)[C@H](O)[C@H]3O)O[C@H](CO)[C@@H](O)[C@@H]2O)C(C)(C)CCC1. The molecule has 0 saturated carbocycles. The van der Waals surface area contributed by atoms with Crippen molar-refractivity contribution in [3.05, 3.63) is 58.7 Å². The van der Waals surface area contributed by atoms with Crippen molar-refractivity contribution in [3.8, 4) is 0 Å². The number of rotatable bonds is 17. The van der Waals surface area contributed by atoms with Gasteiger partial charge in [0.15, 0.2) is 6.29 Å². The summed E-state index contributed by atoms with van der Waals surface area (Å²) in [4.78, 5) is 24.8. The van der Waals surface area contributed by atoms with Crippen molar-refractivity contribution >= 4 is 11.9 Å². The van der Waals surface area contributed by atoms with Crippen molar-refractivity contribution in [1.82, 2.24) is 0 Å².